The number of Topliss-reactive ketones (excluding diaryl/α,β-unsaturated/α-hetero) is 1. The number of carbonyl (C=O) groups excluding carboxylic acids is 2. The number of carbonyl (C=O) groups is 3. The van der Waals surface area contributed by atoms with Gasteiger partial charge in [0.05, 0.1) is 21.4 Å². The predicted molar refractivity (Wildman–Crippen MR) is 221 cm³/mol. The van der Waals surface area contributed by atoms with Crippen LogP contribution in [0.15, 0.2) is 62.7 Å². The van der Waals surface area contributed by atoms with Gasteiger partial charge in [-0.05, 0) is 56.9 Å². The summed E-state index contributed by atoms with van der Waals surface area (Å²) in [6, 6.07) is 9.05. The Morgan fingerprint density at radius 1 is 0.898 bits per heavy atom. The molecule has 2 aliphatic rings. The van der Waals surface area contributed by atoms with Gasteiger partial charge in [-0.25, -0.2) is 4.79 Å². The topological polar surface area (TPSA) is 226 Å². The number of ether oxygens (including phenoxy) is 1. The number of unbranched alkanes of at least 4 members (excludes halogenated alkanes) is 6. The lowest BCUT2D eigenvalue weighted by Crippen LogP contribution is -2.37. The van der Waals surface area contributed by atoms with Crippen molar-refractivity contribution in [1.29, 1.82) is 0 Å². The van der Waals surface area contributed by atoms with Crippen molar-refractivity contribution in [3.05, 3.63) is 70.1 Å². The summed E-state index contributed by atoms with van der Waals surface area (Å²) in [5, 5.41) is 9.69. The lowest BCUT2D eigenvalue weighted by molar-refractivity contribution is -0.437. The minimum atomic E-state index is -4.69. The Bertz CT molecular complexity index is 2420. The maximum atomic E-state index is 14.1. The van der Waals surface area contributed by atoms with E-state index in [4.69, 9.17) is 9.15 Å². The Balaban J connectivity index is 1.53. The number of hydrogen-bond donors (Lipinski definition) is 3. The molecule has 3 N–H and O–H groups in total. The van der Waals surface area contributed by atoms with Crippen molar-refractivity contribution in [1.82, 2.24) is 0 Å². The minimum absolute atomic E-state index is 0.0510. The first kappa shape index (κ1) is 45.4. The van der Waals surface area contributed by atoms with Gasteiger partial charge in [-0.15, -0.1) is 0 Å². The number of allylic oxidation sites excluding steroid dienone is 1. The Labute approximate surface area is 344 Å². The monoisotopic (exact) mass is 857 g/mol. The van der Waals surface area contributed by atoms with Gasteiger partial charge in [-0.3, -0.25) is 23.5 Å². The van der Waals surface area contributed by atoms with Crippen LogP contribution in [0.25, 0.3) is 11.0 Å². The summed E-state index contributed by atoms with van der Waals surface area (Å²) in [7, 11) is -9.07. The number of fused-ring (bicyclic) bond motifs is 4. The molecule has 2 unspecified atom stereocenters. The van der Waals surface area contributed by atoms with Crippen molar-refractivity contribution >= 4 is 66.0 Å². The maximum Gasteiger partial charge on any atom is 0.351 e. The molecule has 2 aliphatic heterocycles. The van der Waals surface area contributed by atoms with Gasteiger partial charge in [0.1, 0.15) is 23.6 Å². The van der Waals surface area contributed by atoms with Gasteiger partial charge < -0.3 is 19.2 Å². The zero-order chi connectivity index (χ0) is 43.1. The Kier molecular flexibility index (Phi) is 14.7. The van der Waals surface area contributed by atoms with Crippen LogP contribution in [0.4, 0.5) is 11.4 Å². The van der Waals surface area contributed by atoms with Crippen LogP contribution in [0, 0.1) is 5.92 Å². The largest absolute Gasteiger partial charge is 0.481 e. The normalized spacial score (nSPS) is 18.1. The second kappa shape index (κ2) is 19.1. The van der Waals surface area contributed by atoms with Crippen LogP contribution in [0.5, 0.6) is 5.75 Å². The fraction of sp³-hybridized carbons (Fsp3) is 0.500. The van der Waals surface area contributed by atoms with Gasteiger partial charge in [0.2, 0.25) is 5.69 Å². The smallest absolute Gasteiger partial charge is 0.351 e. The van der Waals surface area contributed by atoms with E-state index in [2.05, 4.69) is 18.7 Å². The zero-order valence-electron chi connectivity index (χ0n) is 33.6. The van der Waals surface area contributed by atoms with Gasteiger partial charge in [0.15, 0.2) is 17.2 Å². The number of hydrogen-bond acceptors (Lipinski definition) is 11. The average Bonchev–Trinajstić information content (AvgIpc) is 3.38. The average molecular weight is 858 g/mol. The first-order valence-electron chi connectivity index (χ1n) is 20.1. The fourth-order valence-electron chi connectivity index (χ4n) is 7.98. The maximum absolute atomic E-state index is 14.1. The molecular formula is C42H53N2O13S2+. The molecule has 0 saturated heterocycles. The number of carboxylic acids is 1. The minimum Gasteiger partial charge on any atom is -0.481 e. The summed E-state index contributed by atoms with van der Waals surface area (Å²) in [6.07, 6.45) is 11.1. The summed E-state index contributed by atoms with van der Waals surface area (Å²) in [6.45, 7) is 7.58. The molecule has 15 nitrogen and oxygen atoms in total. The number of aliphatic carboxylic acids is 1. The summed E-state index contributed by atoms with van der Waals surface area (Å²) in [5.74, 6) is -5.39. The number of esters is 1. The highest BCUT2D eigenvalue weighted by atomic mass is 32.2. The van der Waals surface area contributed by atoms with Crippen LogP contribution in [0.2, 0.25) is 0 Å². The van der Waals surface area contributed by atoms with Crippen LogP contribution < -0.4 is 15.3 Å². The number of anilines is 1. The molecule has 5 rings (SSSR count). The van der Waals surface area contributed by atoms with Gasteiger partial charge in [0.25, 0.3) is 20.2 Å². The molecule has 0 amide bonds. The molecule has 3 heterocycles. The quantitative estimate of drug-likeness (QED) is 0.0234. The summed E-state index contributed by atoms with van der Waals surface area (Å²) >= 11 is 0. The third-order valence-corrected chi connectivity index (χ3v) is 12.7. The molecule has 0 spiro atoms. The van der Waals surface area contributed by atoms with E-state index in [1.54, 1.807) is 23.6 Å². The lowest BCUT2D eigenvalue weighted by atomic mass is 9.75. The molecule has 0 bridgehead atoms. The molecule has 2 aromatic carbocycles. The molecule has 0 aliphatic carbocycles. The number of rotatable bonds is 22. The van der Waals surface area contributed by atoms with Crippen LogP contribution in [0.3, 0.4) is 0 Å². The van der Waals surface area contributed by atoms with Crippen molar-refractivity contribution in [2.24, 2.45) is 5.92 Å². The van der Waals surface area contributed by atoms with Gasteiger partial charge in [-0.1, -0.05) is 58.4 Å². The molecule has 0 saturated carbocycles. The highest BCUT2D eigenvalue weighted by Gasteiger charge is 2.49. The zero-order valence-corrected chi connectivity index (χ0v) is 35.3. The predicted octanol–water partition coefficient (Wildman–Crippen LogP) is 6.87. The fourth-order valence-corrected chi connectivity index (χ4v) is 8.98. The molecule has 0 fully saturated rings. The number of benzene rings is 2. The summed E-state index contributed by atoms with van der Waals surface area (Å²) in [4.78, 5) is 54.6. The standard InChI is InChI=1S/C42H52N2O13S2/c1-4-6-8-10-22-43(23-11-9-7-5-2)28-15-17-30-34(26-28)56-41(49)37-38(47)31(40(48)57-39(30)37)18-20-35-42(3,21-12-14-36(45)46)32-27-29(59(53,54)55)16-19-33(32)44(35)24-13-25-58(50,51)52/h15-20,26-27,31H,4-14,21-25H2,1-3H3,(H2-,45,46,50,51,52,53,54,55)/p+1/b20-18+. The van der Waals surface area contributed by atoms with Crippen molar-refractivity contribution in [3.8, 4) is 5.75 Å². The number of nitrogens with zero attached hydrogens (tertiary/aromatic N) is 2. The molecule has 17 heteroatoms. The van der Waals surface area contributed by atoms with E-state index in [1.165, 1.54) is 24.3 Å². The molecule has 320 valence electrons. The first-order valence-corrected chi connectivity index (χ1v) is 23.2. The van der Waals surface area contributed by atoms with E-state index < -0.39 is 71.1 Å². The van der Waals surface area contributed by atoms with Crippen molar-refractivity contribution in [2.45, 2.75) is 108 Å². The summed E-state index contributed by atoms with van der Waals surface area (Å²) in [5.41, 5.74) is -0.558. The third-order valence-electron chi connectivity index (χ3n) is 11.1. The molecule has 0 radical (unpaired) electrons. The van der Waals surface area contributed by atoms with Gasteiger partial charge in [0, 0.05) is 55.4 Å². The molecule has 59 heavy (non-hydrogen) atoms. The Hall–Kier alpha value is -4.71. The van der Waals surface area contributed by atoms with E-state index in [0.717, 1.165) is 76.2 Å². The highest BCUT2D eigenvalue weighted by molar-refractivity contribution is 7.86. The van der Waals surface area contributed by atoms with Gasteiger partial charge in [-0.2, -0.15) is 21.4 Å². The molecule has 1 aromatic heterocycles. The Morgan fingerprint density at radius 3 is 2.19 bits per heavy atom. The van der Waals surface area contributed by atoms with E-state index in [-0.39, 0.29) is 48.9 Å². The first-order chi connectivity index (χ1) is 27.9. The lowest BCUT2D eigenvalue weighted by Gasteiger charge is -2.26. The highest BCUT2D eigenvalue weighted by Crippen LogP contribution is 2.45. The van der Waals surface area contributed by atoms with Crippen molar-refractivity contribution in [2.75, 3.05) is 30.3 Å². The molecular weight excluding hydrogens is 805 g/mol. The Morgan fingerprint density at radius 2 is 1.58 bits per heavy atom. The van der Waals surface area contributed by atoms with E-state index in [9.17, 15) is 50.2 Å². The van der Waals surface area contributed by atoms with Crippen LogP contribution in [-0.4, -0.2) is 84.4 Å². The van der Waals surface area contributed by atoms with E-state index >= 15 is 0 Å². The van der Waals surface area contributed by atoms with Crippen molar-refractivity contribution in [3.63, 3.8) is 0 Å². The van der Waals surface area contributed by atoms with Crippen LogP contribution >= 0.6 is 0 Å². The van der Waals surface area contributed by atoms with Crippen LogP contribution in [0.1, 0.15) is 114 Å². The van der Waals surface area contributed by atoms with Crippen LogP contribution in [-0.2, 0) is 35.2 Å². The number of ketones is 1. The SMILES string of the molecule is CCCCCCN(CCCCCC)c1ccc2c3c(c(=O)oc2c1)C(=O)C(/C=C/C1=[N+](CCCS(=O)(=O)O)c2ccc(S(=O)(=O)O)cc2C1(C)CCCC(=O)O)C(=O)O3. The third kappa shape index (κ3) is 10.7. The summed E-state index contributed by atoms with van der Waals surface area (Å²) < 4.78 is 80.1. The second-order valence-electron chi connectivity index (χ2n) is 15.4. The van der Waals surface area contributed by atoms with E-state index in [0.29, 0.717) is 17.0 Å². The number of carboxylic acid groups (broad SMARTS) is 1. The van der Waals surface area contributed by atoms with Gasteiger partial charge >= 0.3 is 17.6 Å². The molecule has 2 atom stereocenters. The van der Waals surface area contributed by atoms with Crippen molar-refractivity contribution < 1.29 is 59.2 Å². The second-order valence-corrected chi connectivity index (χ2v) is 18.4. The van der Waals surface area contributed by atoms with E-state index in [1.807, 2.05) is 6.07 Å². The molecule has 3 aromatic rings.